The van der Waals surface area contributed by atoms with Gasteiger partial charge in [-0.15, -0.1) is 0 Å². The summed E-state index contributed by atoms with van der Waals surface area (Å²) in [4.78, 5) is 12.6. The highest BCUT2D eigenvalue weighted by molar-refractivity contribution is 6.00. The van der Waals surface area contributed by atoms with E-state index < -0.39 is 5.41 Å². The third-order valence-corrected chi connectivity index (χ3v) is 5.72. The van der Waals surface area contributed by atoms with Crippen LogP contribution in [-0.4, -0.2) is 12.9 Å². The number of carbonyl (C=O) groups excluding carboxylic acids is 1. The number of nitrogens with zero attached hydrogens (tertiary/aromatic N) is 1. The molecular weight excluding hydrogens is 262 g/mol. The summed E-state index contributed by atoms with van der Waals surface area (Å²) in [5.74, 6) is 0.981. The molecule has 0 spiro atoms. The van der Waals surface area contributed by atoms with Gasteiger partial charge in [0.2, 0.25) is 0 Å². The fourth-order valence-electron chi connectivity index (χ4n) is 4.46. The zero-order chi connectivity index (χ0) is 15.3. The lowest BCUT2D eigenvalue weighted by Crippen LogP contribution is -2.49. The van der Waals surface area contributed by atoms with E-state index in [1.54, 1.807) is 7.11 Å². The van der Waals surface area contributed by atoms with Crippen LogP contribution in [0, 0.1) is 22.7 Å². The zero-order valence-corrected chi connectivity index (χ0v) is 12.9. The highest BCUT2D eigenvalue weighted by atomic mass is 16.5. The molecule has 110 valence electrons. The first-order valence-corrected chi connectivity index (χ1v) is 7.57. The number of rotatable bonds is 1. The minimum absolute atomic E-state index is 0.0851. The molecule has 21 heavy (non-hydrogen) atoms. The Labute approximate surface area is 125 Å². The van der Waals surface area contributed by atoms with Gasteiger partial charge in [-0.05, 0) is 48.8 Å². The lowest BCUT2D eigenvalue weighted by atomic mass is 9.50. The number of carbonyl (C=O) groups is 1. The van der Waals surface area contributed by atoms with Crippen molar-refractivity contribution in [3.63, 3.8) is 0 Å². The van der Waals surface area contributed by atoms with Crippen LogP contribution in [0.5, 0.6) is 5.75 Å². The number of nitriles is 1. The van der Waals surface area contributed by atoms with Crippen molar-refractivity contribution in [1.29, 1.82) is 5.26 Å². The maximum Gasteiger partial charge on any atom is 0.163 e. The SMILES string of the molecule is COc1ccc2c(c1)C(=O)C[C@@H]1[C@@](C)(C#N)CCC[C@]21C. The first kappa shape index (κ1) is 14.1. The third-order valence-electron chi connectivity index (χ3n) is 5.72. The molecule has 1 saturated carbocycles. The van der Waals surface area contributed by atoms with E-state index in [2.05, 4.69) is 13.0 Å². The second-order valence-electron chi connectivity index (χ2n) is 6.89. The van der Waals surface area contributed by atoms with Gasteiger partial charge >= 0.3 is 0 Å². The van der Waals surface area contributed by atoms with E-state index in [1.807, 2.05) is 25.1 Å². The van der Waals surface area contributed by atoms with E-state index in [1.165, 1.54) is 0 Å². The number of methoxy groups -OCH3 is 1. The largest absolute Gasteiger partial charge is 0.497 e. The molecule has 0 radical (unpaired) electrons. The quantitative estimate of drug-likeness (QED) is 0.786. The molecule has 3 heteroatoms. The molecule has 0 aromatic heterocycles. The van der Waals surface area contributed by atoms with Crippen LogP contribution < -0.4 is 4.74 Å². The van der Waals surface area contributed by atoms with Gasteiger partial charge in [0.15, 0.2) is 5.78 Å². The highest BCUT2D eigenvalue weighted by Gasteiger charge is 2.54. The molecule has 3 nitrogen and oxygen atoms in total. The summed E-state index contributed by atoms with van der Waals surface area (Å²) in [5.41, 5.74) is 1.40. The van der Waals surface area contributed by atoms with Crippen LogP contribution in [0.3, 0.4) is 0 Å². The van der Waals surface area contributed by atoms with Crippen molar-refractivity contribution < 1.29 is 9.53 Å². The summed E-state index contributed by atoms with van der Waals surface area (Å²) in [6.45, 7) is 4.25. The molecule has 3 rings (SSSR count). The van der Waals surface area contributed by atoms with E-state index in [0.29, 0.717) is 6.42 Å². The van der Waals surface area contributed by atoms with Crippen molar-refractivity contribution in [2.45, 2.75) is 44.9 Å². The number of Topliss-reactive ketones (excluding diaryl/α,β-unsaturated/α-hetero) is 1. The van der Waals surface area contributed by atoms with Gasteiger partial charge in [-0.1, -0.05) is 19.4 Å². The molecular formula is C18H21NO2. The van der Waals surface area contributed by atoms with Gasteiger partial charge in [-0.2, -0.15) is 5.26 Å². The number of ketones is 1. The second kappa shape index (κ2) is 4.59. The maximum absolute atomic E-state index is 12.6. The van der Waals surface area contributed by atoms with Crippen molar-refractivity contribution >= 4 is 5.78 Å². The van der Waals surface area contributed by atoms with E-state index in [4.69, 9.17) is 4.74 Å². The van der Waals surface area contributed by atoms with Crippen molar-refractivity contribution in [2.24, 2.45) is 11.3 Å². The maximum atomic E-state index is 12.6. The first-order chi connectivity index (χ1) is 9.94. The fraction of sp³-hybridized carbons (Fsp3) is 0.556. The van der Waals surface area contributed by atoms with Gasteiger partial charge in [0.25, 0.3) is 0 Å². The standard InChI is InChI=1S/C18H21NO2/c1-17(11-19)7-4-8-18(2)14-6-5-12(21-3)9-13(14)15(20)10-16(17)18/h5-6,9,16H,4,7-8,10H2,1-3H3/t16-,17-,18-/m1/s1. The lowest BCUT2D eigenvalue weighted by Gasteiger charge is -2.52. The molecule has 1 aromatic carbocycles. The van der Waals surface area contributed by atoms with E-state index in [-0.39, 0.29) is 17.1 Å². The summed E-state index contributed by atoms with van der Waals surface area (Å²) in [6.07, 6.45) is 3.45. The third kappa shape index (κ3) is 1.89. The molecule has 0 N–H and O–H groups in total. The molecule has 0 saturated heterocycles. The number of benzene rings is 1. The summed E-state index contributed by atoms with van der Waals surface area (Å²) in [6, 6.07) is 8.32. The van der Waals surface area contributed by atoms with E-state index >= 15 is 0 Å². The Morgan fingerprint density at radius 2 is 2.10 bits per heavy atom. The molecule has 0 bridgehead atoms. The van der Waals surface area contributed by atoms with Gasteiger partial charge in [-0.25, -0.2) is 0 Å². The molecule has 0 amide bonds. The van der Waals surface area contributed by atoms with E-state index in [9.17, 15) is 10.1 Å². The average Bonchev–Trinajstić information content (AvgIpc) is 2.49. The van der Waals surface area contributed by atoms with Gasteiger partial charge in [0.1, 0.15) is 5.75 Å². The van der Waals surface area contributed by atoms with Gasteiger partial charge < -0.3 is 4.74 Å². The van der Waals surface area contributed by atoms with Crippen LogP contribution in [0.25, 0.3) is 0 Å². The predicted molar refractivity (Wildman–Crippen MR) is 80.4 cm³/mol. The van der Waals surface area contributed by atoms with E-state index in [0.717, 1.165) is 36.1 Å². The number of hydrogen-bond donors (Lipinski definition) is 0. The second-order valence-corrected chi connectivity index (χ2v) is 6.89. The molecule has 1 aromatic rings. The summed E-state index contributed by atoms with van der Waals surface area (Å²) in [5, 5.41) is 9.64. The van der Waals surface area contributed by atoms with Crippen LogP contribution in [0.4, 0.5) is 0 Å². The van der Waals surface area contributed by atoms with Crippen LogP contribution in [-0.2, 0) is 5.41 Å². The molecule has 0 heterocycles. The number of ether oxygens (including phenoxy) is 1. The fourth-order valence-corrected chi connectivity index (χ4v) is 4.46. The molecule has 2 aliphatic carbocycles. The molecule has 1 fully saturated rings. The van der Waals surface area contributed by atoms with Crippen molar-refractivity contribution in [3.8, 4) is 11.8 Å². The smallest absolute Gasteiger partial charge is 0.163 e. The van der Waals surface area contributed by atoms with Gasteiger partial charge in [-0.3, -0.25) is 4.79 Å². The Morgan fingerprint density at radius 3 is 2.76 bits per heavy atom. The summed E-state index contributed by atoms with van der Waals surface area (Å²) in [7, 11) is 1.62. The normalized spacial score (nSPS) is 34.6. The monoisotopic (exact) mass is 283 g/mol. The predicted octanol–water partition coefficient (Wildman–Crippen LogP) is 3.87. The molecule has 0 unspecified atom stereocenters. The minimum atomic E-state index is -0.403. The average molecular weight is 283 g/mol. The zero-order valence-electron chi connectivity index (χ0n) is 12.9. The Morgan fingerprint density at radius 1 is 1.33 bits per heavy atom. The summed E-state index contributed by atoms with van der Waals surface area (Å²) < 4.78 is 5.26. The van der Waals surface area contributed by atoms with Crippen molar-refractivity contribution in [3.05, 3.63) is 29.3 Å². The van der Waals surface area contributed by atoms with Crippen LogP contribution >= 0.6 is 0 Å². The van der Waals surface area contributed by atoms with Gasteiger partial charge in [0.05, 0.1) is 18.6 Å². The topological polar surface area (TPSA) is 50.1 Å². The van der Waals surface area contributed by atoms with Crippen LogP contribution in [0.15, 0.2) is 18.2 Å². The first-order valence-electron chi connectivity index (χ1n) is 7.57. The number of fused-ring (bicyclic) bond motifs is 3. The van der Waals surface area contributed by atoms with Crippen LogP contribution in [0.2, 0.25) is 0 Å². The van der Waals surface area contributed by atoms with Crippen LogP contribution in [0.1, 0.15) is 55.5 Å². The molecule has 0 aliphatic heterocycles. The molecule has 3 atom stereocenters. The highest BCUT2D eigenvalue weighted by Crippen LogP contribution is 2.57. The summed E-state index contributed by atoms with van der Waals surface area (Å²) >= 11 is 0. The van der Waals surface area contributed by atoms with Crippen molar-refractivity contribution in [2.75, 3.05) is 7.11 Å². The number of hydrogen-bond acceptors (Lipinski definition) is 3. The lowest BCUT2D eigenvalue weighted by molar-refractivity contribution is 0.0555. The Hall–Kier alpha value is -1.82. The van der Waals surface area contributed by atoms with Crippen molar-refractivity contribution in [1.82, 2.24) is 0 Å². The Balaban J connectivity index is 2.17. The molecule has 2 aliphatic rings. The minimum Gasteiger partial charge on any atom is -0.497 e. The Bertz CT molecular complexity index is 645. The Kier molecular flexibility index (Phi) is 3.09. The van der Waals surface area contributed by atoms with Gasteiger partial charge in [0, 0.05) is 12.0 Å².